The van der Waals surface area contributed by atoms with Crippen LogP contribution < -0.4 is 0 Å². The molecule has 0 aromatic rings. The molecule has 0 aromatic carbocycles. The van der Waals surface area contributed by atoms with Gasteiger partial charge in [-0.15, -0.1) is 0 Å². The Balaban J connectivity index is 2.01. The molecule has 0 bridgehead atoms. The van der Waals surface area contributed by atoms with Crippen molar-refractivity contribution in [2.24, 2.45) is 23.2 Å². The van der Waals surface area contributed by atoms with Gasteiger partial charge in [0.15, 0.2) is 0 Å². The van der Waals surface area contributed by atoms with E-state index in [4.69, 9.17) is 0 Å². The summed E-state index contributed by atoms with van der Waals surface area (Å²) in [5.41, 5.74) is -1.02. The van der Waals surface area contributed by atoms with Gasteiger partial charge in [-0.3, -0.25) is 9.59 Å². The van der Waals surface area contributed by atoms with E-state index >= 15 is 0 Å². The third-order valence-electron chi connectivity index (χ3n) is 5.45. The molecule has 1 aliphatic carbocycles. The van der Waals surface area contributed by atoms with E-state index in [2.05, 4.69) is 0 Å². The maximum Gasteiger partial charge on any atom is 0.310 e. The minimum absolute atomic E-state index is 0.0372. The Morgan fingerprint density at radius 2 is 1.95 bits per heavy atom. The third-order valence-corrected chi connectivity index (χ3v) is 5.45. The van der Waals surface area contributed by atoms with Crippen molar-refractivity contribution in [1.82, 2.24) is 4.90 Å². The van der Waals surface area contributed by atoms with Gasteiger partial charge in [0.1, 0.15) is 0 Å². The summed E-state index contributed by atoms with van der Waals surface area (Å²) in [4.78, 5) is 25.6. The monoisotopic (exact) mass is 283 g/mol. The Morgan fingerprint density at radius 1 is 1.30 bits per heavy atom. The van der Waals surface area contributed by atoms with Gasteiger partial charge < -0.3 is 15.1 Å². The highest BCUT2D eigenvalue weighted by molar-refractivity contribution is 5.85. The highest BCUT2D eigenvalue weighted by atomic mass is 16.4. The van der Waals surface area contributed by atoms with Crippen molar-refractivity contribution in [2.45, 2.75) is 46.1 Å². The molecular weight excluding hydrogens is 258 g/mol. The fourth-order valence-corrected chi connectivity index (χ4v) is 3.39. The van der Waals surface area contributed by atoms with Crippen molar-refractivity contribution in [3.8, 4) is 0 Å². The Hall–Kier alpha value is -1.10. The van der Waals surface area contributed by atoms with Crippen LogP contribution in [-0.4, -0.2) is 46.2 Å². The number of aliphatic hydroxyl groups is 1. The van der Waals surface area contributed by atoms with Gasteiger partial charge in [0.25, 0.3) is 0 Å². The number of carbonyl (C=O) groups excluding carboxylic acids is 1. The summed E-state index contributed by atoms with van der Waals surface area (Å²) in [6, 6.07) is 0. The first kappa shape index (κ1) is 15.3. The summed E-state index contributed by atoms with van der Waals surface area (Å²) in [5.74, 6) is -0.528. The normalized spacial score (nSPS) is 32.2. The van der Waals surface area contributed by atoms with E-state index < -0.39 is 11.4 Å². The topological polar surface area (TPSA) is 77.8 Å². The van der Waals surface area contributed by atoms with Crippen molar-refractivity contribution in [3.63, 3.8) is 0 Å². The van der Waals surface area contributed by atoms with Crippen LogP contribution in [0.5, 0.6) is 0 Å². The van der Waals surface area contributed by atoms with Gasteiger partial charge in [-0.1, -0.05) is 13.8 Å². The van der Waals surface area contributed by atoms with Crippen LogP contribution in [0.1, 0.15) is 40.0 Å². The molecule has 114 valence electrons. The van der Waals surface area contributed by atoms with Gasteiger partial charge in [-0.2, -0.15) is 0 Å². The lowest BCUT2D eigenvalue weighted by atomic mass is 9.76. The summed E-state index contributed by atoms with van der Waals surface area (Å²) < 4.78 is 0. The van der Waals surface area contributed by atoms with Crippen LogP contribution >= 0.6 is 0 Å². The molecule has 0 radical (unpaired) electrons. The number of rotatable bonds is 4. The molecule has 20 heavy (non-hydrogen) atoms. The molecule has 1 heterocycles. The Morgan fingerprint density at radius 3 is 2.45 bits per heavy atom. The zero-order valence-corrected chi connectivity index (χ0v) is 12.5. The highest BCUT2D eigenvalue weighted by Gasteiger charge is 2.46. The number of nitrogens with zero attached hydrogens (tertiary/aromatic N) is 1. The second-order valence-electron chi connectivity index (χ2n) is 6.92. The molecule has 2 rings (SSSR count). The van der Waals surface area contributed by atoms with Crippen LogP contribution in [0.25, 0.3) is 0 Å². The van der Waals surface area contributed by atoms with E-state index in [1.54, 1.807) is 11.8 Å². The number of fused-ring (bicyclic) bond motifs is 1. The number of carbonyl (C=O) groups is 2. The number of hydrogen-bond acceptors (Lipinski definition) is 3. The predicted molar refractivity (Wildman–Crippen MR) is 74.0 cm³/mol. The first-order chi connectivity index (χ1) is 9.25. The molecule has 2 N–H and O–H groups in total. The molecule has 1 aliphatic heterocycles. The average Bonchev–Trinajstić information content (AvgIpc) is 2.91. The van der Waals surface area contributed by atoms with Crippen molar-refractivity contribution >= 4 is 11.9 Å². The zero-order valence-electron chi connectivity index (χ0n) is 12.5. The molecule has 4 atom stereocenters. The molecule has 5 heteroatoms. The number of amides is 1. The zero-order chi connectivity index (χ0) is 15.1. The van der Waals surface area contributed by atoms with Crippen molar-refractivity contribution in [1.29, 1.82) is 0 Å². The lowest BCUT2D eigenvalue weighted by Crippen LogP contribution is -2.40. The number of likely N-dealkylation sites (tertiary alicyclic amines) is 1. The first-order valence-corrected chi connectivity index (χ1v) is 7.45. The standard InChI is InChI=1S/C15H25NO4/c1-9(2)15(3,14(19)20)6-13(18)16-7-10-4-5-12(17)11(10)8-16/h9-12,17H,4-8H2,1-3H3,(H,19,20). The fraction of sp³-hybridized carbons (Fsp3) is 0.867. The lowest BCUT2D eigenvalue weighted by molar-refractivity contribution is -0.155. The Labute approximate surface area is 120 Å². The predicted octanol–water partition coefficient (Wildman–Crippen LogP) is 1.35. The molecule has 1 saturated heterocycles. The van der Waals surface area contributed by atoms with Gasteiger partial charge in [0.05, 0.1) is 11.5 Å². The first-order valence-electron chi connectivity index (χ1n) is 7.45. The van der Waals surface area contributed by atoms with Gasteiger partial charge in [-0.25, -0.2) is 0 Å². The van der Waals surface area contributed by atoms with Gasteiger partial charge in [0, 0.05) is 25.4 Å². The number of carboxylic acids is 1. The van der Waals surface area contributed by atoms with E-state index in [1.165, 1.54) is 0 Å². The molecule has 2 fully saturated rings. The van der Waals surface area contributed by atoms with E-state index in [0.29, 0.717) is 19.0 Å². The van der Waals surface area contributed by atoms with Crippen LogP contribution in [0.3, 0.4) is 0 Å². The van der Waals surface area contributed by atoms with Crippen LogP contribution in [0.2, 0.25) is 0 Å². The van der Waals surface area contributed by atoms with Crippen molar-refractivity contribution < 1.29 is 19.8 Å². The van der Waals surface area contributed by atoms with Crippen molar-refractivity contribution in [3.05, 3.63) is 0 Å². The van der Waals surface area contributed by atoms with Gasteiger partial charge >= 0.3 is 5.97 Å². The summed E-state index contributed by atoms with van der Waals surface area (Å²) in [7, 11) is 0. The van der Waals surface area contributed by atoms with Crippen molar-refractivity contribution in [2.75, 3.05) is 13.1 Å². The third kappa shape index (κ3) is 2.55. The van der Waals surface area contributed by atoms with Crippen LogP contribution in [0.15, 0.2) is 0 Å². The van der Waals surface area contributed by atoms with Gasteiger partial charge in [0.2, 0.25) is 5.91 Å². The number of aliphatic hydroxyl groups excluding tert-OH is 1. The van der Waals surface area contributed by atoms with E-state index in [-0.39, 0.29) is 30.3 Å². The maximum atomic E-state index is 12.4. The van der Waals surface area contributed by atoms with Crippen LogP contribution in [0, 0.1) is 23.2 Å². The molecule has 5 nitrogen and oxygen atoms in total. The largest absolute Gasteiger partial charge is 0.481 e. The van der Waals surface area contributed by atoms with E-state index in [1.807, 2.05) is 13.8 Å². The molecule has 0 spiro atoms. The lowest BCUT2D eigenvalue weighted by Gasteiger charge is -2.30. The van der Waals surface area contributed by atoms with Crippen LogP contribution in [0.4, 0.5) is 0 Å². The molecule has 4 unspecified atom stereocenters. The summed E-state index contributed by atoms with van der Waals surface area (Å²) in [6.45, 7) is 6.57. The molecule has 1 amide bonds. The minimum atomic E-state index is -1.02. The summed E-state index contributed by atoms with van der Waals surface area (Å²) in [5, 5.41) is 19.3. The fourth-order valence-electron chi connectivity index (χ4n) is 3.39. The van der Waals surface area contributed by atoms with Crippen LogP contribution in [-0.2, 0) is 9.59 Å². The molecule has 0 aromatic heterocycles. The average molecular weight is 283 g/mol. The maximum absolute atomic E-state index is 12.4. The van der Waals surface area contributed by atoms with E-state index in [0.717, 1.165) is 12.8 Å². The highest BCUT2D eigenvalue weighted by Crippen LogP contribution is 2.39. The van der Waals surface area contributed by atoms with Gasteiger partial charge in [-0.05, 0) is 31.6 Å². The second kappa shape index (κ2) is 5.35. The Kier molecular flexibility index (Phi) is 4.09. The number of hydrogen-bond donors (Lipinski definition) is 2. The summed E-state index contributed by atoms with van der Waals surface area (Å²) >= 11 is 0. The second-order valence-corrected chi connectivity index (χ2v) is 6.92. The van der Waals surface area contributed by atoms with E-state index in [9.17, 15) is 19.8 Å². The quantitative estimate of drug-likeness (QED) is 0.816. The number of aliphatic carboxylic acids is 1. The molecule has 2 aliphatic rings. The Bertz CT molecular complexity index is 409. The summed E-state index contributed by atoms with van der Waals surface area (Å²) in [6.07, 6.45) is 1.54. The smallest absolute Gasteiger partial charge is 0.310 e. The molecule has 1 saturated carbocycles. The SMILES string of the molecule is CC(C)C(C)(CC(=O)N1CC2CCC(O)C2C1)C(=O)O. The molecular formula is C15H25NO4. The number of carboxylic acid groups (broad SMARTS) is 1. The minimum Gasteiger partial charge on any atom is -0.481 e.